The summed E-state index contributed by atoms with van der Waals surface area (Å²) in [7, 11) is 0. The van der Waals surface area contributed by atoms with E-state index in [2.05, 4.69) is 14.9 Å². The van der Waals surface area contributed by atoms with E-state index in [-0.39, 0.29) is 24.3 Å². The van der Waals surface area contributed by atoms with Crippen molar-refractivity contribution in [3.8, 4) is 0 Å². The Morgan fingerprint density at radius 3 is 2.16 bits per heavy atom. The number of hydrogen-bond acceptors (Lipinski definition) is 6. The molecular formula is C24H23N5O3. The van der Waals surface area contributed by atoms with Crippen LogP contribution in [0.5, 0.6) is 0 Å². The number of benzene rings is 2. The van der Waals surface area contributed by atoms with E-state index in [9.17, 15) is 14.4 Å². The number of para-hydroxylation sites is 2. The lowest BCUT2D eigenvalue weighted by Gasteiger charge is -2.35. The smallest absolute Gasteiger partial charge is 0.261 e. The second kappa shape index (κ2) is 8.37. The van der Waals surface area contributed by atoms with Gasteiger partial charge in [-0.1, -0.05) is 24.3 Å². The number of imide groups is 1. The quantitative estimate of drug-likeness (QED) is 0.579. The zero-order valence-corrected chi connectivity index (χ0v) is 17.6. The molecular weight excluding hydrogens is 406 g/mol. The van der Waals surface area contributed by atoms with E-state index in [0.29, 0.717) is 50.1 Å². The molecule has 8 nitrogen and oxygen atoms in total. The first-order valence-electron chi connectivity index (χ1n) is 10.8. The molecule has 2 aliphatic heterocycles. The number of hydrogen-bond donors (Lipinski definition) is 0. The van der Waals surface area contributed by atoms with Crippen molar-refractivity contribution in [2.24, 2.45) is 0 Å². The Balaban J connectivity index is 1.12. The van der Waals surface area contributed by atoms with Gasteiger partial charge in [0.1, 0.15) is 5.82 Å². The SMILES string of the molecule is O=C(CCCN1C(=O)c2ccccc2C1=O)N1CCN(c2cnc3ccccc3n2)CC1. The van der Waals surface area contributed by atoms with Gasteiger partial charge in [-0.25, -0.2) is 4.98 Å². The van der Waals surface area contributed by atoms with E-state index in [1.54, 1.807) is 30.5 Å². The van der Waals surface area contributed by atoms with Crippen LogP contribution in [0.4, 0.5) is 5.82 Å². The summed E-state index contributed by atoms with van der Waals surface area (Å²) in [5, 5.41) is 0. The molecule has 2 aliphatic rings. The van der Waals surface area contributed by atoms with Crippen LogP contribution in [0.2, 0.25) is 0 Å². The third-order valence-corrected chi connectivity index (χ3v) is 6.04. The number of amides is 3. The molecule has 8 heteroatoms. The highest BCUT2D eigenvalue weighted by atomic mass is 16.2. The second-order valence-corrected chi connectivity index (χ2v) is 8.00. The molecule has 0 aliphatic carbocycles. The molecule has 0 unspecified atom stereocenters. The number of aromatic nitrogens is 2. The van der Waals surface area contributed by atoms with Crippen molar-refractivity contribution in [1.82, 2.24) is 19.8 Å². The van der Waals surface area contributed by atoms with Crippen molar-refractivity contribution in [2.75, 3.05) is 37.6 Å². The summed E-state index contributed by atoms with van der Waals surface area (Å²) in [5.41, 5.74) is 2.60. The lowest BCUT2D eigenvalue weighted by Crippen LogP contribution is -2.49. The van der Waals surface area contributed by atoms with Gasteiger partial charge in [-0.15, -0.1) is 0 Å². The monoisotopic (exact) mass is 429 g/mol. The standard InChI is InChI=1S/C24H23N5O3/c30-22(10-5-11-29-23(31)17-6-1-2-7-18(17)24(29)32)28-14-12-27(13-15-28)21-16-25-19-8-3-4-9-20(19)26-21/h1-4,6-9,16H,5,10-15H2. The average molecular weight is 429 g/mol. The molecule has 3 aromatic rings. The maximum atomic E-state index is 12.7. The van der Waals surface area contributed by atoms with E-state index in [1.807, 2.05) is 29.2 Å². The van der Waals surface area contributed by atoms with Gasteiger partial charge < -0.3 is 9.80 Å². The molecule has 1 aromatic heterocycles. The van der Waals surface area contributed by atoms with E-state index in [1.165, 1.54) is 4.90 Å². The third kappa shape index (κ3) is 3.68. The molecule has 0 N–H and O–H groups in total. The molecule has 0 bridgehead atoms. The Morgan fingerprint density at radius 2 is 1.47 bits per heavy atom. The van der Waals surface area contributed by atoms with Gasteiger partial charge in [-0.2, -0.15) is 0 Å². The van der Waals surface area contributed by atoms with Gasteiger partial charge >= 0.3 is 0 Å². The molecule has 162 valence electrons. The Bertz CT molecular complexity index is 1170. The van der Waals surface area contributed by atoms with Crippen molar-refractivity contribution in [3.63, 3.8) is 0 Å². The number of carbonyl (C=O) groups is 3. The average Bonchev–Trinajstić information content (AvgIpc) is 3.09. The van der Waals surface area contributed by atoms with Crippen molar-refractivity contribution in [1.29, 1.82) is 0 Å². The molecule has 5 rings (SSSR count). The van der Waals surface area contributed by atoms with Crippen LogP contribution >= 0.6 is 0 Å². The van der Waals surface area contributed by atoms with Crippen molar-refractivity contribution in [2.45, 2.75) is 12.8 Å². The molecule has 0 spiro atoms. The molecule has 2 aromatic carbocycles. The van der Waals surface area contributed by atoms with Gasteiger partial charge in [-0.3, -0.25) is 24.3 Å². The van der Waals surface area contributed by atoms with Crippen LogP contribution in [-0.2, 0) is 4.79 Å². The van der Waals surface area contributed by atoms with Crippen LogP contribution in [0.25, 0.3) is 11.0 Å². The third-order valence-electron chi connectivity index (χ3n) is 6.04. The molecule has 1 saturated heterocycles. The molecule has 0 radical (unpaired) electrons. The Labute approximate surface area is 185 Å². The highest BCUT2D eigenvalue weighted by Gasteiger charge is 2.34. The van der Waals surface area contributed by atoms with Crippen molar-refractivity contribution < 1.29 is 14.4 Å². The summed E-state index contributed by atoms with van der Waals surface area (Å²) in [6, 6.07) is 14.6. The molecule has 0 saturated carbocycles. The lowest BCUT2D eigenvalue weighted by atomic mass is 10.1. The second-order valence-electron chi connectivity index (χ2n) is 8.00. The molecule has 3 heterocycles. The summed E-state index contributed by atoms with van der Waals surface area (Å²) in [5.74, 6) is 0.318. The van der Waals surface area contributed by atoms with E-state index in [4.69, 9.17) is 0 Å². The predicted molar refractivity (Wildman–Crippen MR) is 119 cm³/mol. The molecule has 1 fully saturated rings. The first-order valence-corrected chi connectivity index (χ1v) is 10.8. The molecule has 0 atom stereocenters. The number of piperazine rings is 1. The zero-order valence-electron chi connectivity index (χ0n) is 17.6. The highest BCUT2D eigenvalue weighted by molar-refractivity contribution is 6.21. The van der Waals surface area contributed by atoms with Crippen LogP contribution < -0.4 is 4.90 Å². The first kappa shape index (κ1) is 20.1. The minimum Gasteiger partial charge on any atom is -0.352 e. The van der Waals surface area contributed by atoms with Crippen LogP contribution in [-0.4, -0.2) is 70.2 Å². The number of carbonyl (C=O) groups excluding carboxylic acids is 3. The van der Waals surface area contributed by atoms with Crippen LogP contribution in [0, 0.1) is 0 Å². The maximum Gasteiger partial charge on any atom is 0.261 e. The Morgan fingerprint density at radius 1 is 0.844 bits per heavy atom. The normalized spacial score (nSPS) is 16.1. The minimum absolute atomic E-state index is 0.0471. The first-order chi connectivity index (χ1) is 15.6. The summed E-state index contributed by atoms with van der Waals surface area (Å²) in [6.45, 7) is 2.86. The fourth-order valence-corrected chi connectivity index (χ4v) is 4.27. The van der Waals surface area contributed by atoms with Crippen molar-refractivity contribution in [3.05, 3.63) is 65.9 Å². The van der Waals surface area contributed by atoms with Gasteiger partial charge in [0.2, 0.25) is 5.91 Å². The molecule has 3 amide bonds. The number of nitrogens with zero attached hydrogens (tertiary/aromatic N) is 5. The number of anilines is 1. The van der Waals surface area contributed by atoms with Crippen LogP contribution in [0.1, 0.15) is 33.6 Å². The maximum absolute atomic E-state index is 12.7. The fraction of sp³-hybridized carbons (Fsp3) is 0.292. The van der Waals surface area contributed by atoms with Gasteiger partial charge in [0.15, 0.2) is 0 Å². The van der Waals surface area contributed by atoms with E-state index >= 15 is 0 Å². The van der Waals surface area contributed by atoms with Gasteiger partial charge in [0.05, 0.1) is 28.4 Å². The summed E-state index contributed by atoms with van der Waals surface area (Å²) in [4.78, 5) is 51.9. The van der Waals surface area contributed by atoms with Crippen LogP contribution in [0.3, 0.4) is 0 Å². The van der Waals surface area contributed by atoms with Gasteiger partial charge in [-0.05, 0) is 30.7 Å². The topological polar surface area (TPSA) is 86.7 Å². The van der Waals surface area contributed by atoms with Gasteiger partial charge in [0, 0.05) is 39.1 Å². The largest absolute Gasteiger partial charge is 0.352 e. The fourth-order valence-electron chi connectivity index (χ4n) is 4.27. The summed E-state index contributed by atoms with van der Waals surface area (Å²) < 4.78 is 0. The predicted octanol–water partition coefficient (Wildman–Crippen LogP) is 2.35. The van der Waals surface area contributed by atoms with E-state index in [0.717, 1.165) is 16.9 Å². The van der Waals surface area contributed by atoms with E-state index < -0.39 is 0 Å². The lowest BCUT2D eigenvalue weighted by molar-refractivity contribution is -0.131. The van der Waals surface area contributed by atoms with Crippen molar-refractivity contribution >= 4 is 34.6 Å². The zero-order chi connectivity index (χ0) is 22.1. The summed E-state index contributed by atoms with van der Waals surface area (Å²) >= 11 is 0. The highest BCUT2D eigenvalue weighted by Crippen LogP contribution is 2.23. The molecule has 32 heavy (non-hydrogen) atoms. The Hall–Kier alpha value is -3.81. The number of fused-ring (bicyclic) bond motifs is 2. The van der Waals surface area contributed by atoms with Gasteiger partial charge in [0.25, 0.3) is 11.8 Å². The number of rotatable bonds is 5. The Kier molecular flexibility index (Phi) is 5.26. The minimum atomic E-state index is -0.275. The van der Waals surface area contributed by atoms with Crippen LogP contribution in [0.15, 0.2) is 54.7 Å². The summed E-state index contributed by atoms with van der Waals surface area (Å²) in [6.07, 6.45) is 2.55.